The molecule has 9 nitrogen and oxygen atoms in total. The molecule has 2 aliphatic heterocycles. The van der Waals surface area contributed by atoms with E-state index in [1.165, 1.54) is 12.1 Å². The van der Waals surface area contributed by atoms with Gasteiger partial charge in [0.25, 0.3) is 0 Å². The van der Waals surface area contributed by atoms with Crippen LogP contribution < -0.4 is 20.1 Å². The van der Waals surface area contributed by atoms with Crippen molar-refractivity contribution in [3.05, 3.63) is 91.9 Å². The number of halogens is 1. The molecule has 10 heteroatoms. The van der Waals surface area contributed by atoms with Gasteiger partial charge in [0.05, 0.1) is 9.40 Å². The molecule has 192 valence electrons. The minimum atomic E-state index is -0.504. The number of fused-ring (bicyclic) bond motifs is 11. The number of nitro groups is 1. The second-order valence-corrected chi connectivity index (χ2v) is 9.39. The molecule has 2 amide bonds. The lowest BCUT2D eigenvalue weighted by atomic mass is 10.1. The predicted molar refractivity (Wildman–Crippen MR) is 141 cm³/mol. The highest BCUT2D eigenvalue weighted by Crippen LogP contribution is 2.42. The van der Waals surface area contributed by atoms with Crippen molar-refractivity contribution in [2.24, 2.45) is 0 Å². The molecule has 3 aromatic rings. The maximum atomic E-state index is 12.1. The zero-order chi connectivity index (χ0) is 26.2. The minimum Gasteiger partial charge on any atom is -0.484 e. The molecule has 5 rings (SSSR count). The zero-order valence-electron chi connectivity index (χ0n) is 20.0. The number of amides is 2. The number of nitrogens with zero attached hydrogens (tertiary/aromatic N) is 1. The van der Waals surface area contributed by atoms with Gasteiger partial charge in [-0.15, -0.1) is 0 Å². The highest BCUT2D eigenvalue weighted by Gasteiger charge is 2.21. The summed E-state index contributed by atoms with van der Waals surface area (Å²) < 4.78 is 12.8. The van der Waals surface area contributed by atoms with Crippen LogP contribution in [0.3, 0.4) is 0 Å². The lowest BCUT2D eigenvalue weighted by molar-refractivity contribution is -0.385. The average molecular weight is 568 g/mol. The Morgan fingerprint density at radius 1 is 0.865 bits per heavy atom. The molecule has 2 aliphatic rings. The summed E-state index contributed by atoms with van der Waals surface area (Å²) in [5.74, 6) is 0.382. The molecule has 3 aromatic carbocycles. The van der Waals surface area contributed by atoms with Crippen molar-refractivity contribution >= 4 is 33.4 Å². The maximum Gasteiger partial charge on any atom is 0.311 e. The average Bonchev–Trinajstić information content (AvgIpc) is 2.87. The van der Waals surface area contributed by atoms with Crippen LogP contribution in [0.2, 0.25) is 0 Å². The third kappa shape index (κ3) is 7.29. The molecule has 37 heavy (non-hydrogen) atoms. The molecule has 2 heterocycles. The number of hydrogen-bond acceptors (Lipinski definition) is 6. The van der Waals surface area contributed by atoms with Gasteiger partial charge in [0.15, 0.2) is 11.5 Å². The van der Waals surface area contributed by atoms with E-state index < -0.39 is 4.92 Å². The van der Waals surface area contributed by atoms with Crippen LogP contribution in [-0.4, -0.2) is 29.8 Å². The largest absolute Gasteiger partial charge is 0.484 e. The van der Waals surface area contributed by atoms with E-state index in [2.05, 4.69) is 26.6 Å². The lowest BCUT2D eigenvalue weighted by Crippen LogP contribution is -2.31. The number of aryl methyl sites for hydroxylation is 1. The van der Waals surface area contributed by atoms with Crippen LogP contribution in [0.5, 0.6) is 17.2 Å². The van der Waals surface area contributed by atoms with E-state index in [9.17, 15) is 19.7 Å². The van der Waals surface area contributed by atoms with Crippen molar-refractivity contribution in [2.75, 3.05) is 13.1 Å². The van der Waals surface area contributed by atoms with E-state index in [0.717, 1.165) is 11.1 Å². The van der Waals surface area contributed by atoms with Crippen LogP contribution in [0, 0.1) is 10.1 Å². The maximum absolute atomic E-state index is 12.1. The first-order valence-corrected chi connectivity index (χ1v) is 12.7. The lowest BCUT2D eigenvalue weighted by Gasteiger charge is -2.17. The van der Waals surface area contributed by atoms with E-state index in [4.69, 9.17) is 9.47 Å². The Bertz CT molecular complexity index is 1300. The Balaban J connectivity index is 1.70. The molecule has 0 saturated heterocycles. The van der Waals surface area contributed by atoms with Crippen LogP contribution in [0.1, 0.15) is 29.5 Å². The molecule has 4 bridgehead atoms. The highest BCUT2D eigenvalue weighted by atomic mass is 79.9. The van der Waals surface area contributed by atoms with Crippen LogP contribution in [0.15, 0.2) is 65.1 Å². The van der Waals surface area contributed by atoms with E-state index in [0.29, 0.717) is 40.9 Å². The fourth-order valence-corrected chi connectivity index (χ4v) is 4.48. The van der Waals surface area contributed by atoms with Crippen molar-refractivity contribution in [3.63, 3.8) is 0 Å². The monoisotopic (exact) mass is 567 g/mol. The van der Waals surface area contributed by atoms with Crippen molar-refractivity contribution in [1.29, 1.82) is 0 Å². The summed E-state index contributed by atoms with van der Waals surface area (Å²) in [5, 5.41) is 17.4. The SMILES string of the molecule is O=C1CCNC(=O)CCc2ccc(c([N+](=O)[O-])c2)Oc2cc(cc(Br)c2OCc2ccccc2)CCN1. The first kappa shape index (κ1) is 26.2. The molecule has 0 unspecified atom stereocenters. The van der Waals surface area contributed by atoms with E-state index in [-0.39, 0.29) is 49.2 Å². The number of carbonyl (C=O) groups is 2. The van der Waals surface area contributed by atoms with E-state index in [1.54, 1.807) is 12.1 Å². The summed E-state index contributed by atoms with van der Waals surface area (Å²) in [5.41, 5.74) is 2.21. The van der Waals surface area contributed by atoms with E-state index in [1.807, 2.05) is 36.4 Å². The van der Waals surface area contributed by atoms with Gasteiger partial charge in [-0.25, -0.2) is 0 Å². The summed E-state index contributed by atoms with van der Waals surface area (Å²) in [6.07, 6.45) is 1.11. The highest BCUT2D eigenvalue weighted by molar-refractivity contribution is 9.10. The van der Waals surface area contributed by atoms with Gasteiger partial charge in [-0.05, 0) is 63.7 Å². The standard InChI is InChI=1S/C27H26BrN3O6/c28-21-14-20-10-12-29-26(33)11-13-30-25(32)9-7-18-6-8-23(22(15-18)31(34)35)37-24(16-20)27(21)36-17-19-4-2-1-3-5-19/h1-6,8,14-16H,7,9-13,17H2,(H,29,33)(H,30,32). The predicted octanol–water partition coefficient (Wildman–Crippen LogP) is 4.84. The van der Waals surface area contributed by atoms with Gasteiger partial charge in [-0.2, -0.15) is 0 Å². The molecular weight excluding hydrogens is 542 g/mol. The van der Waals surface area contributed by atoms with Crippen molar-refractivity contribution in [1.82, 2.24) is 10.6 Å². The Hall–Kier alpha value is -3.92. The molecular formula is C27H26BrN3O6. The molecule has 0 saturated carbocycles. The normalized spacial score (nSPS) is 14.5. The van der Waals surface area contributed by atoms with Crippen LogP contribution in [-0.2, 0) is 29.0 Å². The third-order valence-electron chi connectivity index (χ3n) is 5.79. The van der Waals surface area contributed by atoms with Crippen molar-refractivity contribution in [2.45, 2.75) is 32.3 Å². The summed E-state index contributed by atoms with van der Waals surface area (Å²) >= 11 is 3.56. The third-order valence-corrected chi connectivity index (χ3v) is 6.38. The number of benzene rings is 3. The number of nitrogens with one attached hydrogen (secondary N) is 2. The first-order valence-electron chi connectivity index (χ1n) is 11.9. The Kier molecular flexibility index (Phi) is 8.73. The van der Waals surface area contributed by atoms with Gasteiger partial charge >= 0.3 is 5.69 Å². The van der Waals surface area contributed by atoms with Gasteiger partial charge in [-0.3, -0.25) is 19.7 Å². The summed E-state index contributed by atoms with van der Waals surface area (Å²) in [7, 11) is 0. The van der Waals surface area contributed by atoms with Gasteiger partial charge in [0.2, 0.25) is 17.6 Å². The number of rotatable bonds is 4. The fourth-order valence-electron chi connectivity index (χ4n) is 3.87. The van der Waals surface area contributed by atoms with E-state index >= 15 is 0 Å². The Labute approximate surface area is 222 Å². The topological polar surface area (TPSA) is 120 Å². The summed E-state index contributed by atoms with van der Waals surface area (Å²) in [6.45, 7) is 0.868. The number of ether oxygens (including phenoxy) is 2. The van der Waals surface area contributed by atoms with Crippen LogP contribution >= 0.6 is 15.9 Å². The second kappa shape index (κ2) is 12.4. The summed E-state index contributed by atoms with van der Waals surface area (Å²) in [4.78, 5) is 35.7. The van der Waals surface area contributed by atoms with Crippen molar-refractivity contribution in [3.8, 4) is 17.2 Å². The second-order valence-electron chi connectivity index (χ2n) is 8.54. The smallest absolute Gasteiger partial charge is 0.311 e. The van der Waals surface area contributed by atoms with Crippen LogP contribution in [0.25, 0.3) is 0 Å². The Morgan fingerprint density at radius 2 is 1.59 bits per heavy atom. The number of hydrogen-bond donors (Lipinski definition) is 2. The molecule has 0 radical (unpaired) electrons. The molecule has 0 fully saturated rings. The first-order chi connectivity index (χ1) is 17.9. The molecule has 2 N–H and O–H groups in total. The van der Waals surface area contributed by atoms with Gasteiger partial charge < -0.3 is 20.1 Å². The van der Waals surface area contributed by atoms with Gasteiger partial charge in [0, 0.05) is 32.0 Å². The molecule has 0 aromatic heterocycles. The van der Waals surface area contributed by atoms with Crippen LogP contribution in [0.4, 0.5) is 5.69 Å². The Morgan fingerprint density at radius 3 is 2.35 bits per heavy atom. The summed E-state index contributed by atoms with van der Waals surface area (Å²) in [6, 6.07) is 17.9. The minimum absolute atomic E-state index is 0.0567. The number of carbonyl (C=O) groups excluding carboxylic acids is 2. The van der Waals surface area contributed by atoms with Crippen molar-refractivity contribution < 1.29 is 24.0 Å². The fraction of sp³-hybridized carbons (Fsp3) is 0.259. The zero-order valence-corrected chi connectivity index (χ0v) is 21.6. The molecule has 0 atom stereocenters. The quantitative estimate of drug-likeness (QED) is 0.344. The number of nitro benzene ring substituents is 1. The molecule has 0 aliphatic carbocycles. The molecule has 0 spiro atoms. The van der Waals surface area contributed by atoms with Gasteiger partial charge in [-0.1, -0.05) is 36.4 Å². The van der Waals surface area contributed by atoms with Gasteiger partial charge in [0.1, 0.15) is 6.61 Å².